The van der Waals surface area contributed by atoms with Gasteiger partial charge >= 0.3 is 0 Å². The lowest BCUT2D eigenvalue weighted by molar-refractivity contribution is 0.0684. The summed E-state index contributed by atoms with van der Waals surface area (Å²) >= 11 is 0. The number of piperidine rings is 1. The summed E-state index contributed by atoms with van der Waals surface area (Å²) in [6.45, 7) is 8.82. The molecule has 1 amide bonds. The van der Waals surface area contributed by atoms with E-state index in [1.54, 1.807) is 6.20 Å². The first-order valence-electron chi connectivity index (χ1n) is 8.75. The van der Waals surface area contributed by atoms with Crippen molar-refractivity contribution in [1.29, 1.82) is 0 Å². The van der Waals surface area contributed by atoms with Crippen molar-refractivity contribution in [2.24, 2.45) is 5.92 Å². The fourth-order valence-corrected chi connectivity index (χ4v) is 3.43. The maximum atomic E-state index is 12.5. The number of amides is 1. The van der Waals surface area contributed by atoms with Crippen LogP contribution >= 0.6 is 0 Å². The molecule has 0 radical (unpaired) electrons. The van der Waals surface area contributed by atoms with Crippen LogP contribution < -0.4 is 0 Å². The lowest BCUT2D eigenvalue weighted by Gasteiger charge is -2.32. The smallest absolute Gasteiger partial charge is 0.255 e. The topological polar surface area (TPSA) is 51.0 Å². The highest BCUT2D eigenvalue weighted by Crippen LogP contribution is 2.23. The van der Waals surface area contributed by atoms with Gasteiger partial charge in [0, 0.05) is 43.4 Å². The van der Waals surface area contributed by atoms with Gasteiger partial charge in [-0.25, -0.2) is 4.98 Å². The molecule has 0 atom stereocenters. The Kier molecular flexibility index (Phi) is 4.97. The van der Waals surface area contributed by atoms with E-state index < -0.39 is 0 Å². The number of hydrogen-bond donors (Lipinski definition) is 0. The Bertz CT molecular complexity index is 677. The molecule has 0 spiro atoms. The van der Waals surface area contributed by atoms with Gasteiger partial charge in [0.25, 0.3) is 5.91 Å². The van der Waals surface area contributed by atoms with Crippen LogP contribution in [0.5, 0.6) is 0 Å². The van der Waals surface area contributed by atoms with Crippen LogP contribution in [0.25, 0.3) is 0 Å². The highest BCUT2D eigenvalue weighted by molar-refractivity contribution is 5.93. The number of imidazole rings is 1. The minimum atomic E-state index is 0.113. The van der Waals surface area contributed by atoms with Crippen molar-refractivity contribution in [3.63, 3.8) is 0 Å². The number of rotatable bonds is 4. The van der Waals surface area contributed by atoms with E-state index in [-0.39, 0.29) is 5.91 Å². The Morgan fingerprint density at radius 3 is 2.46 bits per heavy atom. The Morgan fingerprint density at radius 1 is 1.12 bits per heavy atom. The second-order valence-electron chi connectivity index (χ2n) is 6.81. The Hall–Kier alpha value is -2.17. The molecule has 5 nitrogen and oxygen atoms in total. The summed E-state index contributed by atoms with van der Waals surface area (Å²) in [5.41, 5.74) is 2.87. The second-order valence-corrected chi connectivity index (χ2v) is 6.81. The third kappa shape index (κ3) is 3.66. The Balaban J connectivity index is 1.50. The minimum absolute atomic E-state index is 0.113. The minimum Gasteiger partial charge on any atom is -0.339 e. The number of carbonyl (C=O) groups excluding carboxylic acids is 1. The number of hydrogen-bond acceptors (Lipinski definition) is 3. The molecular weight excluding hydrogens is 300 g/mol. The van der Waals surface area contributed by atoms with Crippen molar-refractivity contribution < 1.29 is 4.79 Å². The molecule has 0 aromatic carbocycles. The van der Waals surface area contributed by atoms with Gasteiger partial charge in [0.2, 0.25) is 0 Å². The van der Waals surface area contributed by atoms with E-state index in [4.69, 9.17) is 0 Å². The van der Waals surface area contributed by atoms with Gasteiger partial charge in [-0.15, -0.1) is 0 Å². The molecule has 0 bridgehead atoms. The van der Waals surface area contributed by atoms with Gasteiger partial charge in [-0.2, -0.15) is 0 Å². The molecule has 0 N–H and O–H groups in total. The van der Waals surface area contributed by atoms with Crippen LogP contribution in [0.15, 0.2) is 24.5 Å². The molecule has 128 valence electrons. The fraction of sp³-hybridized carbons (Fsp3) is 0.526. The van der Waals surface area contributed by atoms with E-state index >= 15 is 0 Å². The predicted octanol–water partition coefficient (Wildman–Crippen LogP) is 3.15. The van der Waals surface area contributed by atoms with Crippen molar-refractivity contribution in [1.82, 2.24) is 19.4 Å². The number of aromatic nitrogens is 3. The standard InChI is InChI=1S/C19H26N4O/c1-14-4-5-18(13-20-14)19(24)22-9-6-17(7-10-22)8-11-23-15(2)12-21-16(23)3/h4-5,12-13,17H,6-11H2,1-3H3. The summed E-state index contributed by atoms with van der Waals surface area (Å²) in [6.07, 6.45) is 6.95. The Morgan fingerprint density at radius 2 is 1.88 bits per heavy atom. The number of likely N-dealkylation sites (tertiary alicyclic amines) is 1. The predicted molar refractivity (Wildman–Crippen MR) is 93.9 cm³/mol. The first-order chi connectivity index (χ1) is 11.5. The number of pyridine rings is 1. The molecule has 2 aromatic rings. The van der Waals surface area contributed by atoms with E-state index in [1.807, 2.05) is 30.2 Å². The first-order valence-corrected chi connectivity index (χ1v) is 8.75. The van der Waals surface area contributed by atoms with Gasteiger partial charge in [-0.1, -0.05) is 0 Å². The van der Waals surface area contributed by atoms with Gasteiger partial charge in [-0.3, -0.25) is 9.78 Å². The van der Waals surface area contributed by atoms with Gasteiger partial charge in [0.15, 0.2) is 0 Å². The molecular formula is C19H26N4O. The second kappa shape index (κ2) is 7.16. The zero-order valence-electron chi connectivity index (χ0n) is 14.8. The van der Waals surface area contributed by atoms with Gasteiger partial charge in [0.1, 0.15) is 5.82 Å². The van der Waals surface area contributed by atoms with Crippen LogP contribution in [0, 0.1) is 26.7 Å². The lowest BCUT2D eigenvalue weighted by atomic mass is 9.93. The van der Waals surface area contributed by atoms with Crippen molar-refractivity contribution >= 4 is 5.91 Å². The molecule has 2 aromatic heterocycles. The summed E-state index contributed by atoms with van der Waals surface area (Å²) in [4.78, 5) is 23.1. The van der Waals surface area contributed by atoms with Crippen molar-refractivity contribution in [3.05, 3.63) is 47.3 Å². The molecule has 0 aliphatic carbocycles. The molecule has 1 aliphatic heterocycles. The highest BCUT2D eigenvalue weighted by Gasteiger charge is 2.23. The quantitative estimate of drug-likeness (QED) is 0.867. The average molecular weight is 326 g/mol. The summed E-state index contributed by atoms with van der Waals surface area (Å²) in [5.74, 6) is 1.89. The largest absolute Gasteiger partial charge is 0.339 e. The molecule has 5 heteroatoms. The van der Waals surface area contributed by atoms with Crippen LogP contribution in [0.2, 0.25) is 0 Å². The van der Waals surface area contributed by atoms with E-state index in [2.05, 4.69) is 28.4 Å². The number of aryl methyl sites for hydroxylation is 3. The maximum Gasteiger partial charge on any atom is 0.255 e. The van der Waals surface area contributed by atoms with Gasteiger partial charge < -0.3 is 9.47 Å². The van der Waals surface area contributed by atoms with E-state index in [0.29, 0.717) is 11.5 Å². The third-order valence-electron chi connectivity index (χ3n) is 5.08. The van der Waals surface area contributed by atoms with Crippen LogP contribution in [0.4, 0.5) is 0 Å². The fourth-order valence-electron chi connectivity index (χ4n) is 3.43. The average Bonchev–Trinajstić information content (AvgIpc) is 2.92. The number of nitrogens with zero attached hydrogens (tertiary/aromatic N) is 4. The van der Waals surface area contributed by atoms with Crippen molar-refractivity contribution in [2.45, 2.75) is 46.6 Å². The van der Waals surface area contributed by atoms with Crippen LogP contribution in [0.3, 0.4) is 0 Å². The molecule has 1 aliphatic rings. The Labute approximate surface area is 143 Å². The summed E-state index contributed by atoms with van der Waals surface area (Å²) in [6, 6.07) is 3.77. The summed E-state index contributed by atoms with van der Waals surface area (Å²) in [5, 5.41) is 0. The molecule has 3 rings (SSSR count). The maximum absolute atomic E-state index is 12.5. The van der Waals surface area contributed by atoms with Crippen LogP contribution in [0.1, 0.15) is 46.8 Å². The van der Waals surface area contributed by atoms with E-state index in [0.717, 1.165) is 50.4 Å². The van der Waals surface area contributed by atoms with Crippen LogP contribution in [-0.4, -0.2) is 38.4 Å². The third-order valence-corrected chi connectivity index (χ3v) is 5.08. The summed E-state index contributed by atoms with van der Waals surface area (Å²) < 4.78 is 2.29. The van der Waals surface area contributed by atoms with Crippen LogP contribution in [-0.2, 0) is 6.54 Å². The highest BCUT2D eigenvalue weighted by atomic mass is 16.2. The zero-order valence-corrected chi connectivity index (χ0v) is 14.8. The molecule has 3 heterocycles. The van der Waals surface area contributed by atoms with Crippen molar-refractivity contribution in [3.8, 4) is 0 Å². The van der Waals surface area contributed by atoms with Gasteiger partial charge in [-0.05, 0) is 58.1 Å². The van der Waals surface area contributed by atoms with E-state index in [1.165, 1.54) is 5.69 Å². The molecule has 1 saturated heterocycles. The molecule has 0 saturated carbocycles. The first kappa shape index (κ1) is 16.7. The SMILES string of the molecule is Cc1ccc(C(=O)N2CCC(CCn3c(C)cnc3C)CC2)cn1. The van der Waals surface area contributed by atoms with Gasteiger partial charge in [0.05, 0.1) is 5.56 Å². The summed E-state index contributed by atoms with van der Waals surface area (Å²) in [7, 11) is 0. The number of carbonyl (C=O) groups is 1. The molecule has 0 unspecified atom stereocenters. The monoisotopic (exact) mass is 326 g/mol. The van der Waals surface area contributed by atoms with E-state index in [9.17, 15) is 4.79 Å². The normalized spacial score (nSPS) is 15.7. The lowest BCUT2D eigenvalue weighted by Crippen LogP contribution is -2.38. The van der Waals surface area contributed by atoms with Crippen molar-refractivity contribution in [2.75, 3.05) is 13.1 Å². The zero-order chi connectivity index (χ0) is 17.1. The molecule has 24 heavy (non-hydrogen) atoms. The molecule has 1 fully saturated rings.